The molecule has 0 spiro atoms. The minimum atomic E-state index is 0.335. The van der Waals surface area contributed by atoms with Gasteiger partial charge in [-0.05, 0) is 19.8 Å². The second kappa shape index (κ2) is 8.10. The molecule has 1 aromatic rings. The minimum absolute atomic E-state index is 0.335. The molecular formula is C16H25NO4. The maximum atomic E-state index is 5.74. The van der Waals surface area contributed by atoms with E-state index < -0.39 is 0 Å². The summed E-state index contributed by atoms with van der Waals surface area (Å²) in [5, 5.41) is 3.44. The summed E-state index contributed by atoms with van der Waals surface area (Å²) < 4.78 is 21.8. The fourth-order valence-electron chi connectivity index (χ4n) is 2.45. The van der Waals surface area contributed by atoms with Gasteiger partial charge in [0.05, 0.1) is 20.3 Å². The van der Waals surface area contributed by atoms with Crippen molar-refractivity contribution in [2.75, 3.05) is 34.0 Å². The lowest BCUT2D eigenvalue weighted by Crippen LogP contribution is -2.39. The standard InChI is InChI=1S/C16H25NO4/c1-12(16-5-4-7-21-16)17-6-8-20-15-10-13(18-2)9-14(11-15)19-3/h9-12,16-17H,4-8H2,1-3H3. The van der Waals surface area contributed by atoms with Crippen molar-refractivity contribution >= 4 is 0 Å². The first-order chi connectivity index (χ1) is 10.2. The molecule has 2 atom stereocenters. The second-order valence-electron chi connectivity index (χ2n) is 5.19. The predicted octanol–water partition coefficient (Wildman–Crippen LogP) is 2.24. The highest BCUT2D eigenvalue weighted by molar-refractivity contribution is 5.41. The van der Waals surface area contributed by atoms with Crippen molar-refractivity contribution in [1.82, 2.24) is 5.32 Å². The summed E-state index contributed by atoms with van der Waals surface area (Å²) in [6, 6.07) is 5.89. The highest BCUT2D eigenvalue weighted by Gasteiger charge is 2.21. The van der Waals surface area contributed by atoms with E-state index in [0.29, 0.717) is 18.8 Å². The van der Waals surface area contributed by atoms with Crippen LogP contribution in [0.15, 0.2) is 18.2 Å². The lowest BCUT2D eigenvalue weighted by Gasteiger charge is -2.20. The van der Waals surface area contributed by atoms with Gasteiger partial charge in [-0.25, -0.2) is 0 Å². The molecule has 2 unspecified atom stereocenters. The Morgan fingerprint density at radius 3 is 2.43 bits per heavy atom. The van der Waals surface area contributed by atoms with Gasteiger partial charge in [0.15, 0.2) is 0 Å². The van der Waals surface area contributed by atoms with Crippen LogP contribution in [-0.4, -0.2) is 46.1 Å². The molecule has 1 N–H and O–H groups in total. The Morgan fingerprint density at radius 1 is 1.19 bits per heavy atom. The van der Waals surface area contributed by atoms with Gasteiger partial charge in [0.2, 0.25) is 0 Å². The molecule has 5 heteroatoms. The zero-order valence-electron chi connectivity index (χ0n) is 13.1. The molecule has 0 aromatic heterocycles. The third kappa shape index (κ3) is 4.79. The largest absolute Gasteiger partial charge is 0.496 e. The van der Waals surface area contributed by atoms with E-state index >= 15 is 0 Å². The van der Waals surface area contributed by atoms with E-state index in [1.54, 1.807) is 14.2 Å². The van der Waals surface area contributed by atoms with Crippen LogP contribution in [0.1, 0.15) is 19.8 Å². The number of methoxy groups -OCH3 is 2. The molecular weight excluding hydrogens is 270 g/mol. The van der Waals surface area contributed by atoms with Crippen molar-refractivity contribution in [3.05, 3.63) is 18.2 Å². The normalized spacial score (nSPS) is 19.3. The van der Waals surface area contributed by atoms with E-state index in [1.807, 2.05) is 18.2 Å². The Bertz CT molecular complexity index is 410. The van der Waals surface area contributed by atoms with Crippen LogP contribution in [0.5, 0.6) is 17.2 Å². The molecule has 1 fully saturated rings. The summed E-state index contributed by atoms with van der Waals surface area (Å²) in [5.74, 6) is 2.20. The topological polar surface area (TPSA) is 49.0 Å². The Labute approximate surface area is 126 Å². The van der Waals surface area contributed by atoms with Crippen LogP contribution in [0.4, 0.5) is 0 Å². The SMILES string of the molecule is COc1cc(OC)cc(OCCNC(C)C2CCCO2)c1. The van der Waals surface area contributed by atoms with E-state index in [-0.39, 0.29) is 0 Å². The highest BCUT2D eigenvalue weighted by Crippen LogP contribution is 2.27. The van der Waals surface area contributed by atoms with Gasteiger partial charge in [-0.15, -0.1) is 0 Å². The maximum absolute atomic E-state index is 5.74. The van der Waals surface area contributed by atoms with E-state index in [0.717, 1.165) is 43.2 Å². The van der Waals surface area contributed by atoms with Crippen LogP contribution in [0.3, 0.4) is 0 Å². The molecule has 1 aromatic carbocycles. The number of hydrogen-bond donors (Lipinski definition) is 1. The molecule has 21 heavy (non-hydrogen) atoms. The molecule has 5 nitrogen and oxygen atoms in total. The zero-order valence-corrected chi connectivity index (χ0v) is 13.1. The number of ether oxygens (including phenoxy) is 4. The molecule has 118 valence electrons. The lowest BCUT2D eigenvalue weighted by molar-refractivity contribution is 0.0824. The van der Waals surface area contributed by atoms with Crippen LogP contribution in [0, 0.1) is 0 Å². The number of nitrogens with one attached hydrogen (secondary N) is 1. The monoisotopic (exact) mass is 295 g/mol. The second-order valence-corrected chi connectivity index (χ2v) is 5.19. The molecule has 1 aliphatic heterocycles. The first-order valence-corrected chi connectivity index (χ1v) is 7.44. The van der Waals surface area contributed by atoms with Gasteiger partial charge in [0.1, 0.15) is 23.9 Å². The molecule has 2 rings (SSSR count). The van der Waals surface area contributed by atoms with Crippen LogP contribution >= 0.6 is 0 Å². The van der Waals surface area contributed by atoms with Gasteiger partial charge in [-0.1, -0.05) is 0 Å². The third-order valence-electron chi connectivity index (χ3n) is 3.68. The van der Waals surface area contributed by atoms with E-state index in [4.69, 9.17) is 18.9 Å². The fourth-order valence-corrected chi connectivity index (χ4v) is 2.45. The van der Waals surface area contributed by atoms with E-state index in [2.05, 4.69) is 12.2 Å². The summed E-state index contributed by atoms with van der Waals surface area (Å²) in [4.78, 5) is 0. The summed E-state index contributed by atoms with van der Waals surface area (Å²) >= 11 is 0. The zero-order chi connectivity index (χ0) is 15.1. The van der Waals surface area contributed by atoms with Crippen LogP contribution in [0.2, 0.25) is 0 Å². The molecule has 1 saturated heterocycles. The number of rotatable bonds is 8. The van der Waals surface area contributed by atoms with Gasteiger partial charge in [-0.3, -0.25) is 0 Å². The van der Waals surface area contributed by atoms with Gasteiger partial charge in [0.25, 0.3) is 0 Å². The van der Waals surface area contributed by atoms with E-state index in [1.165, 1.54) is 0 Å². The smallest absolute Gasteiger partial charge is 0.126 e. The van der Waals surface area contributed by atoms with Gasteiger partial charge >= 0.3 is 0 Å². The number of hydrogen-bond acceptors (Lipinski definition) is 5. The average molecular weight is 295 g/mol. The number of benzene rings is 1. The lowest BCUT2D eigenvalue weighted by atomic mass is 10.1. The Hall–Kier alpha value is -1.46. The van der Waals surface area contributed by atoms with Gasteiger partial charge < -0.3 is 24.3 Å². The van der Waals surface area contributed by atoms with Crippen molar-refractivity contribution in [1.29, 1.82) is 0 Å². The Kier molecular flexibility index (Phi) is 6.14. The quantitative estimate of drug-likeness (QED) is 0.745. The Balaban J connectivity index is 1.75. The first kappa shape index (κ1) is 15.9. The molecule has 0 amide bonds. The van der Waals surface area contributed by atoms with Gasteiger partial charge in [-0.2, -0.15) is 0 Å². The molecule has 1 heterocycles. The van der Waals surface area contributed by atoms with Crippen LogP contribution < -0.4 is 19.5 Å². The van der Waals surface area contributed by atoms with Crippen molar-refractivity contribution < 1.29 is 18.9 Å². The molecule has 0 saturated carbocycles. The first-order valence-electron chi connectivity index (χ1n) is 7.44. The Morgan fingerprint density at radius 2 is 1.86 bits per heavy atom. The molecule has 0 radical (unpaired) electrons. The summed E-state index contributed by atoms with van der Waals surface area (Å²) in [7, 11) is 3.26. The maximum Gasteiger partial charge on any atom is 0.126 e. The summed E-state index contributed by atoms with van der Waals surface area (Å²) in [5.41, 5.74) is 0. The van der Waals surface area contributed by atoms with Crippen LogP contribution in [0.25, 0.3) is 0 Å². The van der Waals surface area contributed by atoms with Crippen molar-refractivity contribution in [2.45, 2.75) is 31.9 Å². The summed E-state index contributed by atoms with van der Waals surface area (Å²) in [6.07, 6.45) is 2.64. The van der Waals surface area contributed by atoms with Crippen LogP contribution in [-0.2, 0) is 4.74 Å². The van der Waals surface area contributed by atoms with E-state index in [9.17, 15) is 0 Å². The molecule has 0 aliphatic carbocycles. The third-order valence-corrected chi connectivity index (χ3v) is 3.68. The molecule has 1 aliphatic rings. The van der Waals surface area contributed by atoms with Crippen molar-refractivity contribution in [3.63, 3.8) is 0 Å². The van der Waals surface area contributed by atoms with Crippen molar-refractivity contribution in [3.8, 4) is 17.2 Å². The minimum Gasteiger partial charge on any atom is -0.496 e. The highest BCUT2D eigenvalue weighted by atomic mass is 16.5. The molecule has 0 bridgehead atoms. The summed E-state index contributed by atoms with van der Waals surface area (Å²) in [6.45, 7) is 4.41. The van der Waals surface area contributed by atoms with Crippen molar-refractivity contribution in [2.24, 2.45) is 0 Å². The predicted molar refractivity (Wildman–Crippen MR) is 81.5 cm³/mol. The average Bonchev–Trinajstić information content (AvgIpc) is 3.05. The fraction of sp³-hybridized carbons (Fsp3) is 0.625. The van der Waals surface area contributed by atoms with Gasteiger partial charge in [0, 0.05) is 37.4 Å².